The van der Waals surface area contributed by atoms with E-state index in [1.165, 1.54) is 0 Å². The molecule has 0 unspecified atom stereocenters. The fourth-order valence-electron chi connectivity index (χ4n) is 5.90. The van der Waals surface area contributed by atoms with E-state index in [2.05, 4.69) is 31.8 Å². The molecule has 9 nitrogen and oxygen atoms in total. The second kappa shape index (κ2) is 14.0. The Morgan fingerprint density at radius 1 is 1.05 bits per heavy atom. The first-order valence-electron chi connectivity index (χ1n) is 14.8. The molecule has 3 N–H and O–H groups in total. The highest BCUT2D eigenvalue weighted by Crippen LogP contribution is 2.44. The molecule has 0 saturated carbocycles. The number of hydrogen-bond donors (Lipinski definition) is 3. The summed E-state index contributed by atoms with van der Waals surface area (Å²) in [7, 11) is 6.57. The molecule has 0 radical (unpaired) electrons. The third-order valence-electron chi connectivity index (χ3n) is 7.90. The van der Waals surface area contributed by atoms with Gasteiger partial charge in [0.1, 0.15) is 24.4 Å². The lowest BCUT2D eigenvalue weighted by Gasteiger charge is -2.38. The molecule has 41 heavy (non-hydrogen) atoms. The number of benzene rings is 2. The van der Waals surface area contributed by atoms with Crippen LogP contribution >= 0.6 is 0 Å². The van der Waals surface area contributed by atoms with Crippen LogP contribution in [0, 0.1) is 5.92 Å². The lowest BCUT2D eigenvalue weighted by molar-refractivity contribution is -0.870. The lowest BCUT2D eigenvalue weighted by Crippen LogP contribution is -2.62. The van der Waals surface area contributed by atoms with Crippen LogP contribution in [-0.4, -0.2) is 91.7 Å². The molecule has 222 valence electrons. The largest absolute Gasteiger partial charge is 0.491 e. The number of fused-ring (bicyclic) bond motifs is 1. The molecule has 4 atom stereocenters. The zero-order valence-corrected chi connectivity index (χ0v) is 24.6. The summed E-state index contributed by atoms with van der Waals surface area (Å²) in [6.45, 7) is 1.70. The molecule has 2 saturated heterocycles. The minimum Gasteiger partial charge on any atom is -0.491 e. The van der Waals surface area contributed by atoms with E-state index < -0.39 is 24.0 Å². The van der Waals surface area contributed by atoms with Crippen LogP contribution in [0.25, 0.3) is 0 Å². The van der Waals surface area contributed by atoms with E-state index in [1.807, 2.05) is 48.5 Å². The first-order valence-corrected chi connectivity index (χ1v) is 14.8. The molecular formula is C32H45N4O5+. The summed E-state index contributed by atoms with van der Waals surface area (Å²) in [6, 6.07) is 14.9. The zero-order chi connectivity index (χ0) is 29.4. The van der Waals surface area contributed by atoms with Gasteiger partial charge in [-0.25, -0.2) is 0 Å². The summed E-state index contributed by atoms with van der Waals surface area (Å²) in [5.74, 6) is -0.578. The smallest absolute Gasteiger partial charge is 0.246 e. The van der Waals surface area contributed by atoms with Crippen molar-refractivity contribution in [2.45, 2.75) is 56.7 Å². The van der Waals surface area contributed by atoms with Crippen molar-refractivity contribution in [3.05, 3.63) is 65.7 Å². The molecule has 4 rings (SSSR count). The molecule has 0 spiro atoms. The Morgan fingerprint density at radius 3 is 2.54 bits per heavy atom. The van der Waals surface area contributed by atoms with E-state index >= 15 is 0 Å². The van der Waals surface area contributed by atoms with Gasteiger partial charge in [0.25, 0.3) is 0 Å². The zero-order valence-electron chi connectivity index (χ0n) is 24.6. The van der Waals surface area contributed by atoms with E-state index in [0.29, 0.717) is 18.7 Å². The van der Waals surface area contributed by atoms with E-state index in [4.69, 9.17) is 4.74 Å². The quantitative estimate of drug-likeness (QED) is 0.241. The van der Waals surface area contributed by atoms with Gasteiger partial charge in [-0.15, -0.1) is 0 Å². The molecule has 2 fully saturated rings. The van der Waals surface area contributed by atoms with Gasteiger partial charge in [0.2, 0.25) is 17.7 Å². The number of amides is 3. The molecule has 9 heteroatoms. The van der Waals surface area contributed by atoms with Crippen molar-refractivity contribution in [1.82, 2.24) is 15.5 Å². The normalized spacial score (nSPS) is 22.3. The van der Waals surface area contributed by atoms with Gasteiger partial charge in [-0.2, -0.15) is 0 Å². The van der Waals surface area contributed by atoms with E-state index in [-0.39, 0.29) is 37.4 Å². The fourth-order valence-corrected chi connectivity index (χ4v) is 5.90. The number of aliphatic hydroxyl groups is 1. The number of ether oxygens (including phenoxy) is 1. The maximum atomic E-state index is 13.9. The van der Waals surface area contributed by atoms with Gasteiger partial charge in [0.05, 0.1) is 46.3 Å². The van der Waals surface area contributed by atoms with Crippen molar-refractivity contribution in [3.8, 4) is 5.75 Å². The molecule has 0 aliphatic carbocycles. The van der Waals surface area contributed by atoms with Gasteiger partial charge in [0, 0.05) is 13.0 Å². The number of quaternary nitrogens is 1. The number of carbonyl (C=O) groups excluding carboxylic acids is 3. The fraction of sp³-hybridized carbons (Fsp3) is 0.531. The Labute approximate surface area is 243 Å². The predicted molar refractivity (Wildman–Crippen MR) is 157 cm³/mol. The number of carbonyl (C=O) groups is 3. The standard InChI is InChI=1S/C32H44N4O5/c1-36(2,3)17-10-5-4-9-16-33-30(38)26-22-28-31(39)34-27(20-23-12-7-6-8-13-23)32(40)35(28)29(26)24-14-11-15-25(21-24)41-19-18-37/h6-8,11-15,21,26-29,37H,4-5,9-10,16-20,22H2,1-3H3,(H-,33,34,38,39)/p+1/t26-,27+,28-,29-/m1/s1. The molecule has 2 heterocycles. The van der Waals surface area contributed by atoms with Gasteiger partial charge in [-0.3, -0.25) is 14.4 Å². The molecule has 2 aliphatic heterocycles. The number of aliphatic hydroxyl groups excluding tert-OH is 1. The summed E-state index contributed by atoms with van der Waals surface area (Å²) < 4.78 is 6.58. The molecule has 2 aliphatic rings. The Bertz CT molecular complexity index is 1180. The molecule has 3 amide bonds. The van der Waals surface area contributed by atoms with Crippen molar-refractivity contribution in [3.63, 3.8) is 0 Å². The predicted octanol–water partition coefficient (Wildman–Crippen LogP) is 2.44. The average molecular weight is 566 g/mol. The van der Waals surface area contributed by atoms with Gasteiger partial charge in [-0.1, -0.05) is 48.9 Å². The highest BCUT2D eigenvalue weighted by molar-refractivity contribution is 5.99. The Kier molecular flexibility index (Phi) is 10.4. The maximum Gasteiger partial charge on any atom is 0.246 e. The van der Waals surface area contributed by atoms with Crippen molar-refractivity contribution in [1.29, 1.82) is 0 Å². The highest BCUT2D eigenvalue weighted by Gasteiger charge is 2.54. The Hall–Kier alpha value is -3.43. The summed E-state index contributed by atoms with van der Waals surface area (Å²) in [5, 5.41) is 15.2. The maximum absolute atomic E-state index is 13.9. The molecule has 0 aromatic heterocycles. The SMILES string of the molecule is C[N+](C)(C)CCCCCCNC(=O)[C@@H]1C[C@@H]2C(=O)N[C@@H](Cc3ccccc3)C(=O)N2[C@@H]1c1cccc(OCCO)c1. The Morgan fingerprint density at radius 2 is 1.80 bits per heavy atom. The van der Waals surface area contributed by atoms with Crippen LogP contribution in [0.2, 0.25) is 0 Å². The van der Waals surface area contributed by atoms with E-state index in [1.54, 1.807) is 11.0 Å². The number of unbranched alkanes of at least 4 members (excludes halogenated alkanes) is 3. The third-order valence-corrected chi connectivity index (χ3v) is 7.90. The Balaban J connectivity index is 1.50. The number of hydrogen-bond acceptors (Lipinski definition) is 5. The van der Waals surface area contributed by atoms with Crippen LogP contribution in [0.4, 0.5) is 0 Å². The van der Waals surface area contributed by atoms with Crippen LogP contribution < -0.4 is 15.4 Å². The van der Waals surface area contributed by atoms with Gasteiger partial charge in [-0.05, 0) is 48.9 Å². The lowest BCUT2D eigenvalue weighted by atomic mass is 9.92. The van der Waals surface area contributed by atoms with Crippen LogP contribution in [-0.2, 0) is 20.8 Å². The second-order valence-electron chi connectivity index (χ2n) is 12.2. The highest BCUT2D eigenvalue weighted by atomic mass is 16.5. The first kappa shape index (κ1) is 30.5. The minimum atomic E-state index is -0.715. The van der Waals surface area contributed by atoms with Crippen molar-refractivity contribution in [2.75, 3.05) is 47.4 Å². The molecule has 2 aromatic rings. The molecular weight excluding hydrogens is 520 g/mol. The van der Waals surface area contributed by atoms with E-state index in [0.717, 1.165) is 47.8 Å². The van der Waals surface area contributed by atoms with Crippen molar-refractivity contribution >= 4 is 17.7 Å². The first-order chi connectivity index (χ1) is 19.7. The summed E-state index contributed by atoms with van der Waals surface area (Å²) in [4.78, 5) is 42.4. The van der Waals surface area contributed by atoms with Gasteiger partial charge >= 0.3 is 0 Å². The summed E-state index contributed by atoms with van der Waals surface area (Å²) >= 11 is 0. The van der Waals surface area contributed by atoms with Crippen molar-refractivity contribution in [2.24, 2.45) is 5.92 Å². The average Bonchev–Trinajstić information content (AvgIpc) is 3.36. The topological polar surface area (TPSA) is 108 Å². The number of nitrogens with one attached hydrogen (secondary N) is 2. The van der Waals surface area contributed by atoms with Crippen LogP contribution in [0.15, 0.2) is 54.6 Å². The summed E-state index contributed by atoms with van der Waals surface area (Å²) in [5.41, 5.74) is 1.69. The second-order valence-corrected chi connectivity index (χ2v) is 12.2. The number of piperazine rings is 1. The minimum absolute atomic E-state index is 0.123. The van der Waals surface area contributed by atoms with Gasteiger partial charge in [0.15, 0.2) is 0 Å². The molecule has 2 aromatic carbocycles. The summed E-state index contributed by atoms with van der Waals surface area (Å²) in [6.07, 6.45) is 4.83. The number of rotatable bonds is 14. The third kappa shape index (κ3) is 8.07. The monoisotopic (exact) mass is 565 g/mol. The number of nitrogens with zero attached hydrogens (tertiary/aromatic N) is 2. The van der Waals surface area contributed by atoms with E-state index in [9.17, 15) is 19.5 Å². The van der Waals surface area contributed by atoms with Crippen LogP contribution in [0.5, 0.6) is 5.75 Å². The van der Waals surface area contributed by atoms with Crippen LogP contribution in [0.1, 0.15) is 49.3 Å². The molecule has 0 bridgehead atoms. The van der Waals surface area contributed by atoms with Crippen LogP contribution in [0.3, 0.4) is 0 Å². The van der Waals surface area contributed by atoms with Gasteiger partial charge < -0.3 is 29.9 Å². The van der Waals surface area contributed by atoms with Crippen molar-refractivity contribution < 1.29 is 28.7 Å².